The van der Waals surface area contributed by atoms with Crippen molar-refractivity contribution in [2.75, 3.05) is 19.6 Å². The van der Waals surface area contributed by atoms with Crippen LogP contribution in [0.15, 0.2) is 0 Å². The second-order valence-electron chi connectivity index (χ2n) is 9.51. The predicted octanol–water partition coefficient (Wildman–Crippen LogP) is -1.95. The van der Waals surface area contributed by atoms with E-state index < -0.39 is 53.9 Å². The summed E-state index contributed by atoms with van der Waals surface area (Å²) >= 11 is 0. The Morgan fingerprint density at radius 2 is 0.857 bits per heavy atom. The zero-order valence-electron chi connectivity index (χ0n) is 25.1. The van der Waals surface area contributed by atoms with Gasteiger partial charge in [-0.25, -0.2) is 0 Å². The highest BCUT2D eigenvalue weighted by atomic mass is 16.4. The Hall–Kier alpha value is -3.42. The van der Waals surface area contributed by atoms with E-state index in [-0.39, 0.29) is 36.9 Å². The minimum absolute atomic E-state index is 0.0208. The Bertz CT molecular complexity index is 685. The third-order valence-corrected chi connectivity index (χ3v) is 4.72. The van der Waals surface area contributed by atoms with E-state index in [0.29, 0.717) is 0 Å². The quantitative estimate of drug-likeness (QED) is 0.134. The van der Waals surface area contributed by atoms with Crippen LogP contribution in [0.25, 0.3) is 0 Å². The number of hydrogen-bond acceptors (Lipinski definition) is 12. The topological polar surface area (TPSA) is 366 Å². The lowest BCUT2D eigenvalue weighted by molar-refractivity contribution is -0.140. The van der Waals surface area contributed by atoms with Crippen molar-refractivity contribution >= 4 is 35.8 Å². The Morgan fingerprint density at radius 3 is 0.905 bits per heavy atom. The highest BCUT2D eigenvalue weighted by molar-refractivity contribution is 5.74. The van der Waals surface area contributed by atoms with Crippen molar-refractivity contribution in [3.63, 3.8) is 0 Å². The third kappa shape index (κ3) is 36.6. The maximum absolute atomic E-state index is 10.1. The summed E-state index contributed by atoms with van der Waals surface area (Å²) in [6.45, 7) is 11.0. The first kappa shape index (κ1) is 48.3. The van der Waals surface area contributed by atoms with Gasteiger partial charge in [-0.05, 0) is 37.1 Å². The molecule has 0 saturated carbocycles. The largest absolute Gasteiger partial charge is 0.480 e. The van der Waals surface area contributed by atoms with E-state index in [9.17, 15) is 28.8 Å². The number of nitrogens with one attached hydrogen (secondary N) is 1. The lowest BCUT2D eigenvalue weighted by Crippen LogP contribution is -2.34. The number of rotatable bonds is 9. The van der Waals surface area contributed by atoms with Gasteiger partial charge in [0, 0.05) is 0 Å². The average Bonchev–Trinajstić information content (AvgIpc) is 3.44. The fourth-order valence-electron chi connectivity index (χ4n) is 1.75. The maximum atomic E-state index is 10.1. The molecule has 1 aliphatic heterocycles. The van der Waals surface area contributed by atoms with E-state index in [2.05, 4.69) is 16.8 Å². The van der Waals surface area contributed by atoms with Crippen molar-refractivity contribution in [2.24, 2.45) is 46.4 Å². The van der Waals surface area contributed by atoms with E-state index in [0.717, 1.165) is 19.4 Å². The van der Waals surface area contributed by atoms with Crippen LogP contribution in [0.1, 0.15) is 54.4 Å². The molecular weight excluding hydrogens is 564 g/mol. The summed E-state index contributed by atoms with van der Waals surface area (Å²) in [6, 6.07) is -2.41. The Labute approximate surface area is 245 Å². The molecule has 0 aliphatic carbocycles. The Morgan fingerprint density at radius 1 is 0.619 bits per heavy atom. The molecule has 250 valence electrons. The van der Waals surface area contributed by atoms with Gasteiger partial charge in [0.15, 0.2) is 0 Å². The van der Waals surface area contributed by atoms with Crippen LogP contribution in [0.3, 0.4) is 0 Å². The molecule has 4 atom stereocenters. The average molecular weight is 617 g/mol. The molecule has 0 aromatic heterocycles. The lowest BCUT2D eigenvalue weighted by atomic mass is 10.1. The summed E-state index contributed by atoms with van der Waals surface area (Å²) < 4.78 is 0. The molecule has 1 aliphatic rings. The lowest BCUT2D eigenvalue weighted by Gasteiger charge is -2.07. The molecule has 18 heteroatoms. The predicted molar refractivity (Wildman–Crippen MR) is 153 cm³/mol. The molecule has 17 N–H and O–H groups in total. The molecule has 0 aromatic carbocycles. The molecule has 18 nitrogen and oxygen atoms in total. The fraction of sp³-hybridized carbons (Fsp3) is 0.750. The van der Waals surface area contributed by atoms with Gasteiger partial charge in [-0.3, -0.25) is 28.8 Å². The molecule has 1 rings (SSSR count). The zero-order chi connectivity index (χ0) is 34.7. The summed E-state index contributed by atoms with van der Waals surface area (Å²) in [4.78, 5) is 58.7. The van der Waals surface area contributed by atoms with Crippen LogP contribution in [-0.2, 0) is 28.8 Å². The van der Waals surface area contributed by atoms with E-state index in [4.69, 9.17) is 47.8 Å². The second-order valence-corrected chi connectivity index (χ2v) is 9.51. The molecule has 0 amide bonds. The zero-order valence-corrected chi connectivity index (χ0v) is 25.1. The molecule has 0 aromatic rings. The first-order valence-corrected chi connectivity index (χ1v) is 12.8. The third-order valence-electron chi connectivity index (χ3n) is 4.72. The van der Waals surface area contributed by atoms with Crippen molar-refractivity contribution in [1.82, 2.24) is 5.32 Å². The molecule has 1 heterocycles. The van der Waals surface area contributed by atoms with Crippen molar-refractivity contribution in [3.05, 3.63) is 0 Å². The van der Waals surface area contributed by atoms with Crippen LogP contribution in [0.5, 0.6) is 0 Å². The van der Waals surface area contributed by atoms with Gasteiger partial charge in [0.25, 0.3) is 0 Å². The molecule has 1 saturated heterocycles. The van der Waals surface area contributed by atoms with Crippen molar-refractivity contribution in [1.29, 1.82) is 0 Å². The van der Waals surface area contributed by atoms with Gasteiger partial charge in [-0.1, -0.05) is 41.5 Å². The first-order chi connectivity index (χ1) is 19.0. The Balaban J connectivity index is -0.000000132. The van der Waals surface area contributed by atoms with Crippen LogP contribution in [0, 0.1) is 17.8 Å². The van der Waals surface area contributed by atoms with Gasteiger partial charge in [0.1, 0.15) is 24.2 Å². The van der Waals surface area contributed by atoms with Crippen molar-refractivity contribution in [2.45, 2.75) is 78.6 Å². The number of carboxylic acid groups (broad SMARTS) is 6. The maximum Gasteiger partial charge on any atom is 0.320 e. The van der Waals surface area contributed by atoms with Gasteiger partial charge < -0.3 is 64.6 Å². The highest BCUT2D eigenvalue weighted by Gasteiger charge is 2.20. The minimum Gasteiger partial charge on any atom is -0.480 e. The van der Waals surface area contributed by atoms with Crippen LogP contribution < -0.4 is 34.0 Å². The van der Waals surface area contributed by atoms with Crippen molar-refractivity contribution < 1.29 is 59.4 Å². The number of carbonyl (C=O) groups is 6. The van der Waals surface area contributed by atoms with Gasteiger partial charge >= 0.3 is 35.8 Å². The standard InChI is InChI=1S/C5H9NO2.3C5H11NO2.2C2H5NO2/c7-5(8)4-2-1-3-6-4;3*1-3(2)4(6)5(7)8;2*3-1-2(4)5/h4,6H,1-3H2,(H,7,8);3*3-4H,6H2,1-2H3,(H,7,8);2*1,3H2,(H,4,5)/t4*4-;;/m0000../s1. The van der Waals surface area contributed by atoms with E-state index in [1.54, 1.807) is 41.5 Å². The molecule has 1 fully saturated rings. The molecule has 0 unspecified atom stereocenters. The number of carboxylic acids is 6. The van der Waals surface area contributed by atoms with E-state index >= 15 is 0 Å². The minimum atomic E-state index is -0.968. The number of hydrogen-bond donors (Lipinski definition) is 12. The monoisotopic (exact) mass is 616 g/mol. The van der Waals surface area contributed by atoms with Gasteiger partial charge in [-0.2, -0.15) is 0 Å². The molecule has 0 radical (unpaired) electrons. The van der Waals surface area contributed by atoms with Gasteiger partial charge in [-0.15, -0.1) is 0 Å². The van der Waals surface area contributed by atoms with Crippen LogP contribution >= 0.6 is 0 Å². The molecule has 0 spiro atoms. The molecule has 0 bridgehead atoms. The summed E-state index contributed by atoms with van der Waals surface area (Å²) in [5.74, 6) is -5.38. The Kier molecular flexibility index (Phi) is 33.5. The summed E-state index contributed by atoms with van der Waals surface area (Å²) in [7, 11) is 0. The van der Waals surface area contributed by atoms with E-state index in [1.807, 2.05) is 0 Å². The SMILES string of the molecule is CC(C)[C@H](N)C(=O)O.CC(C)[C@H](N)C(=O)O.CC(C)[C@H](N)C(=O)O.NCC(=O)O.NCC(=O)O.O=C(O)[C@@H]1CCCN1. The summed E-state index contributed by atoms with van der Waals surface area (Å²) in [5, 5.41) is 51.1. The van der Waals surface area contributed by atoms with Crippen LogP contribution in [0.2, 0.25) is 0 Å². The second kappa shape index (κ2) is 29.1. The van der Waals surface area contributed by atoms with Gasteiger partial charge in [0.2, 0.25) is 0 Å². The van der Waals surface area contributed by atoms with Crippen molar-refractivity contribution in [3.8, 4) is 0 Å². The first-order valence-electron chi connectivity index (χ1n) is 12.8. The van der Waals surface area contributed by atoms with Gasteiger partial charge in [0.05, 0.1) is 13.1 Å². The van der Waals surface area contributed by atoms with Crippen LogP contribution in [-0.4, -0.2) is 110 Å². The smallest absolute Gasteiger partial charge is 0.320 e. The summed E-state index contributed by atoms with van der Waals surface area (Å²) in [6.07, 6.45) is 1.78. The fourth-order valence-corrected chi connectivity index (χ4v) is 1.75. The molecule has 42 heavy (non-hydrogen) atoms. The number of nitrogens with two attached hydrogens (primary N) is 5. The normalized spacial score (nSPS) is 15.1. The highest BCUT2D eigenvalue weighted by Crippen LogP contribution is 2.03. The number of aliphatic carboxylic acids is 6. The van der Waals surface area contributed by atoms with E-state index in [1.165, 1.54) is 0 Å². The van der Waals surface area contributed by atoms with Crippen LogP contribution in [0.4, 0.5) is 0 Å². The summed E-state index contributed by atoms with van der Waals surface area (Å²) in [5.41, 5.74) is 24.6. The molecular formula is C24H52N6O12.